The van der Waals surface area contributed by atoms with Crippen molar-refractivity contribution < 1.29 is 13.0 Å². The molecule has 0 aliphatic carbocycles. The molecular formula is C8H20O3Si2. The summed E-state index contributed by atoms with van der Waals surface area (Å²) in [6.45, 7) is 12.1. The highest BCUT2D eigenvalue weighted by atomic mass is 28.4. The molecule has 0 aromatic heterocycles. The molecule has 0 spiro atoms. The fourth-order valence-corrected chi connectivity index (χ4v) is 4.25. The average Bonchev–Trinajstić information content (AvgIpc) is 1.80. The summed E-state index contributed by atoms with van der Waals surface area (Å²) in [5.74, 6) is 0. The molecular weight excluding hydrogens is 200 g/mol. The van der Waals surface area contributed by atoms with E-state index < -0.39 is 18.6 Å². The Morgan fingerprint density at radius 2 is 1.08 bits per heavy atom. The molecule has 0 aliphatic rings. The Morgan fingerprint density at radius 3 is 1.31 bits per heavy atom. The van der Waals surface area contributed by atoms with Crippen LogP contribution in [0.4, 0.5) is 0 Å². The standard InChI is InChI=1S/C8H20O3Si2/c1-7(2)9-12(5)11-13(6)10-8(3)4/h7-8H,1-6H3. The maximum Gasteiger partial charge on any atom is 0.371 e. The Morgan fingerprint density at radius 1 is 0.769 bits per heavy atom. The minimum absolute atomic E-state index is 0.243. The average molecular weight is 220 g/mol. The summed E-state index contributed by atoms with van der Waals surface area (Å²) in [4.78, 5) is 0. The Kier molecular flexibility index (Phi) is 6.88. The molecule has 13 heavy (non-hydrogen) atoms. The monoisotopic (exact) mass is 220 g/mol. The second kappa shape index (κ2) is 6.72. The van der Waals surface area contributed by atoms with Gasteiger partial charge in [0.05, 0.1) is 0 Å². The van der Waals surface area contributed by atoms with Crippen molar-refractivity contribution in [2.24, 2.45) is 0 Å². The normalized spacial score (nSPS) is 12.5. The van der Waals surface area contributed by atoms with Crippen molar-refractivity contribution in [3.63, 3.8) is 0 Å². The molecule has 0 atom stereocenters. The number of rotatable bonds is 6. The molecule has 0 bridgehead atoms. The van der Waals surface area contributed by atoms with Gasteiger partial charge in [-0.05, 0) is 40.8 Å². The van der Waals surface area contributed by atoms with Crippen LogP contribution in [0, 0.1) is 0 Å². The molecule has 0 aromatic carbocycles. The van der Waals surface area contributed by atoms with Gasteiger partial charge in [0.15, 0.2) is 0 Å². The highest BCUT2D eigenvalue weighted by Crippen LogP contribution is 2.01. The largest absolute Gasteiger partial charge is 0.413 e. The molecule has 0 aromatic rings. The molecule has 0 N–H and O–H groups in total. The third-order valence-electron chi connectivity index (χ3n) is 1.09. The van der Waals surface area contributed by atoms with E-state index in [1.54, 1.807) is 0 Å². The SMILES string of the molecule is CC(C)O[Si](C)O[Si](C)OC(C)C. The van der Waals surface area contributed by atoms with E-state index in [-0.39, 0.29) is 12.2 Å². The quantitative estimate of drug-likeness (QED) is 0.642. The van der Waals surface area contributed by atoms with Gasteiger partial charge in [0.2, 0.25) is 0 Å². The van der Waals surface area contributed by atoms with Gasteiger partial charge < -0.3 is 13.0 Å². The molecule has 78 valence electrons. The molecule has 0 heterocycles. The van der Waals surface area contributed by atoms with E-state index in [4.69, 9.17) is 13.0 Å². The van der Waals surface area contributed by atoms with Crippen molar-refractivity contribution in [2.45, 2.75) is 53.0 Å². The van der Waals surface area contributed by atoms with Gasteiger partial charge in [-0.25, -0.2) is 0 Å². The van der Waals surface area contributed by atoms with E-state index in [1.807, 2.05) is 40.8 Å². The van der Waals surface area contributed by atoms with Crippen LogP contribution in [0.2, 0.25) is 13.1 Å². The van der Waals surface area contributed by atoms with E-state index in [9.17, 15) is 0 Å². The third kappa shape index (κ3) is 8.64. The zero-order valence-electron chi connectivity index (χ0n) is 9.38. The fraction of sp³-hybridized carbons (Fsp3) is 1.00. The summed E-state index contributed by atoms with van der Waals surface area (Å²) < 4.78 is 16.7. The second-order valence-corrected chi connectivity index (χ2v) is 6.67. The van der Waals surface area contributed by atoms with Gasteiger partial charge >= 0.3 is 18.6 Å². The highest BCUT2D eigenvalue weighted by molar-refractivity contribution is 6.57. The van der Waals surface area contributed by atoms with Crippen molar-refractivity contribution in [3.05, 3.63) is 0 Å². The number of hydrogen-bond donors (Lipinski definition) is 0. The van der Waals surface area contributed by atoms with Gasteiger partial charge in [0.25, 0.3) is 0 Å². The van der Waals surface area contributed by atoms with Crippen LogP contribution in [0.3, 0.4) is 0 Å². The summed E-state index contributed by atoms with van der Waals surface area (Å²) in [7, 11) is -2.23. The van der Waals surface area contributed by atoms with Crippen molar-refractivity contribution in [2.75, 3.05) is 0 Å². The van der Waals surface area contributed by atoms with Crippen LogP contribution < -0.4 is 0 Å². The van der Waals surface area contributed by atoms with Crippen molar-refractivity contribution in [1.82, 2.24) is 0 Å². The lowest BCUT2D eigenvalue weighted by atomic mass is 10.5. The summed E-state index contributed by atoms with van der Waals surface area (Å²) in [5, 5.41) is 0. The Balaban J connectivity index is 3.58. The first-order valence-corrected chi connectivity index (χ1v) is 8.23. The zero-order valence-corrected chi connectivity index (χ0v) is 11.4. The zero-order chi connectivity index (χ0) is 10.4. The summed E-state index contributed by atoms with van der Waals surface area (Å²) in [6.07, 6.45) is 0.487. The summed E-state index contributed by atoms with van der Waals surface area (Å²) >= 11 is 0. The van der Waals surface area contributed by atoms with Crippen LogP contribution in [0.1, 0.15) is 27.7 Å². The lowest BCUT2D eigenvalue weighted by Gasteiger charge is -2.19. The van der Waals surface area contributed by atoms with E-state index >= 15 is 0 Å². The van der Waals surface area contributed by atoms with Crippen molar-refractivity contribution in [3.8, 4) is 0 Å². The van der Waals surface area contributed by atoms with Gasteiger partial charge in [-0.1, -0.05) is 0 Å². The molecule has 3 nitrogen and oxygen atoms in total. The Bertz CT molecular complexity index is 117. The first-order valence-electron chi connectivity index (χ1n) is 4.60. The van der Waals surface area contributed by atoms with Crippen LogP contribution in [-0.2, 0) is 13.0 Å². The molecule has 0 saturated heterocycles. The van der Waals surface area contributed by atoms with Crippen LogP contribution in [0.15, 0.2) is 0 Å². The molecule has 0 fully saturated rings. The predicted molar refractivity (Wildman–Crippen MR) is 56.8 cm³/mol. The number of hydrogen-bond acceptors (Lipinski definition) is 3. The Hall–Kier alpha value is 0.314. The molecule has 0 aliphatic heterocycles. The molecule has 0 saturated carbocycles. The van der Waals surface area contributed by atoms with Gasteiger partial charge in [-0.15, -0.1) is 0 Å². The minimum Gasteiger partial charge on any atom is -0.413 e. The topological polar surface area (TPSA) is 27.7 Å². The highest BCUT2D eigenvalue weighted by Gasteiger charge is 2.18. The van der Waals surface area contributed by atoms with Crippen LogP contribution in [-0.4, -0.2) is 30.8 Å². The predicted octanol–water partition coefficient (Wildman–Crippen LogP) is 2.09. The minimum atomic E-state index is -1.11. The van der Waals surface area contributed by atoms with E-state index in [1.165, 1.54) is 0 Å². The lowest BCUT2D eigenvalue weighted by molar-refractivity contribution is 0.169. The molecule has 2 radical (unpaired) electrons. The molecule has 0 unspecified atom stereocenters. The fourth-order valence-electron chi connectivity index (χ4n) is 0.914. The molecule has 5 heteroatoms. The van der Waals surface area contributed by atoms with Gasteiger partial charge in [-0.2, -0.15) is 0 Å². The summed E-state index contributed by atoms with van der Waals surface area (Å²) in [6, 6.07) is 0. The maximum atomic E-state index is 5.63. The Labute approximate surface area is 85.1 Å². The van der Waals surface area contributed by atoms with Crippen LogP contribution in [0.5, 0.6) is 0 Å². The van der Waals surface area contributed by atoms with Gasteiger partial charge in [0.1, 0.15) is 0 Å². The van der Waals surface area contributed by atoms with E-state index in [0.29, 0.717) is 0 Å². The summed E-state index contributed by atoms with van der Waals surface area (Å²) in [5.41, 5.74) is 0. The molecule has 0 amide bonds. The lowest BCUT2D eigenvalue weighted by Crippen LogP contribution is -2.33. The third-order valence-corrected chi connectivity index (χ3v) is 5.00. The van der Waals surface area contributed by atoms with Crippen LogP contribution in [0.25, 0.3) is 0 Å². The first kappa shape index (κ1) is 13.3. The smallest absolute Gasteiger partial charge is 0.371 e. The van der Waals surface area contributed by atoms with Crippen molar-refractivity contribution >= 4 is 18.6 Å². The first-order chi connectivity index (χ1) is 5.91. The van der Waals surface area contributed by atoms with Gasteiger partial charge in [0, 0.05) is 12.2 Å². The molecule has 0 rings (SSSR count). The van der Waals surface area contributed by atoms with Crippen LogP contribution >= 0.6 is 0 Å². The van der Waals surface area contributed by atoms with Crippen molar-refractivity contribution in [1.29, 1.82) is 0 Å². The van der Waals surface area contributed by atoms with E-state index in [2.05, 4.69) is 0 Å². The van der Waals surface area contributed by atoms with E-state index in [0.717, 1.165) is 0 Å². The second-order valence-electron chi connectivity index (χ2n) is 3.42. The maximum absolute atomic E-state index is 5.63. The van der Waals surface area contributed by atoms with Gasteiger partial charge in [-0.3, -0.25) is 0 Å².